The number of hydrogen-bond donors (Lipinski definition) is 2. The lowest BCUT2D eigenvalue weighted by Gasteiger charge is -2.43. The number of imide groups is 1. The van der Waals surface area contributed by atoms with E-state index in [1.807, 2.05) is 42.5 Å². The van der Waals surface area contributed by atoms with Gasteiger partial charge in [0.05, 0.1) is 17.9 Å². The molecule has 1 aliphatic carbocycles. The summed E-state index contributed by atoms with van der Waals surface area (Å²) in [6.07, 6.45) is 6.12. The molecule has 3 fully saturated rings. The number of allylic oxidation sites excluding steroid dienone is 2. The van der Waals surface area contributed by atoms with E-state index in [0.29, 0.717) is 31.1 Å². The molecule has 2 amide bonds. The lowest BCUT2D eigenvalue weighted by Crippen LogP contribution is -2.48. The van der Waals surface area contributed by atoms with Crippen LogP contribution in [0.4, 0.5) is 0 Å². The Hall–Kier alpha value is -3.50. The Morgan fingerprint density at radius 1 is 0.980 bits per heavy atom. The van der Waals surface area contributed by atoms with Crippen LogP contribution < -0.4 is 0 Å². The van der Waals surface area contributed by atoms with Gasteiger partial charge in [-0.25, -0.2) is 0 Å². The fourth-order valence-electron chi connectivity index (χ4n) is 8.73. The number of hydrogen-bond acceptors (Lipinski definition) is 6. The molecule has 3 aromatic carbocycles. The standard InChI is InChI=1S/C40H44BBrN2O5/c1-2-27-23-33-38(40(47)44(39(33)46)32-17-19-43(20-18-32)25-26-9-5-3-6-10-26)34-24-41(48)49-36(37(27)34)16-13-29(28-11-7-4-8-12-28)21-30-22-31(42)14-15-35(30)45/h3-12,14-15,21-22,32-34,36,38,45,48H,2,13,16-20,23-25H2,1H3/b29-21-/t33-,34+,36-,38-/m1/s1. The van der Waals surface area contributed by atoms with Gasteiger partial charge in [-0.1, -0.05) is 89.1 Å². The van der Waals surface area contributed by atoms with Gasteiger partial charge in [-0.3, -0.25) is 19.4 Å². The molecule has 3 heterocycles. The van der Waals surface area contributed by atoms with Crippen LogP contribution in [-0.2, 0) is 20.8 Å². The van der Waals surface area contributed by atoms with E-state index in [0.717, 1.165) is 60.1 Å². The average Bonchev–Trinajstić information content (AvgIpc) is 3.37. The number of amides is 2. The number of carbonyl (C=O) groups excluding carboxylic acids is 2. The molecule has 49 heavy (non-hydrogen) atoms. The second-order valence-corrected chi connectivity index (χ2v) is 14.9. The van der Waals surface area contributed by atoms with Gasteiger partial charge < -0.3 is 14.8 Å². The first-order valence-corrected chi connectivity index (χ1v) is 18.5. The number of carbonyl (C=O) groups is 2. The van der Waals surface area contributed by atoms with Crippen molar-refractivity contribution < 1.29 is 24.4 Å². The van der Waals surface area contributed by atoms with Crippen LogP contribution in [0.25, 0.3) is 11.6 Å². The highest BCUT2D eigenvalue weighted by Crippen LogP contribution is 2.52. The Bertz CT molecular complexity index is 1740. The first-order chi connectivity index (χ1) is 23.8. The number of benzene rings is 3. The third kappa shape index (κ3) is 7.09. The van der Waals surface area contributed by atoms with Gasteiger partial charge in [-0.2, -0.15) is 0 Å². The van der Waals surface area contributed by atoms with Crippen LogP contribution in [0.2, 0.25) is 6.32 Å². The molecular weight excluding hydrogens is 679 g/mol. The molecule has 9 heteroatoms. The number of fused-ring (bicyclic) bond motifs is 3. The molecule has 254 valence electrons. The third-order valence-corrected chi connectivity index (χ3v) is 11.6. The summed E-state index contributed by atoms with van der Waals surface area (Å²) in [5, 5.41) is 21.7. The van der Waals surface area contributed by atoms with Crippen LogP contribution in [0.5, 0.6) is 5.75 Å². The molecule has 4 aliphatic rings. The minimum atomic E-state index is -1.01. The van der Waals surface area contributed by atoms with E-state index in [-0.39, 0.29) is 41.5 Å². The monoisotopic (exact) mass is 722 g/mol. The molecule has 0 saturated carbocycles. The van der Waals surface area contributed by atoms with Crippen LogP contribution in [0, 0.1) is 17.8 Å². The molecule has 7 rings (SSSR count). The molecule has 0 radical (unpaired) electrons. The fraction of sp³-hybridized carbons (Fsp3) is 0.400. The Kier molecular flexibility index (Phi) is 10.2. The first-order valence-electron chi connectivity index (χ1n) is 17.7. The molecule has 0 unspecified atom stereocenters. The van der Waals surface area contributed by atoms with Crippen molar-refractivity contribution in [3.63, 3.8) is 0 Å². The summed E-state index contributed by atoms with van der Waals surface area (Å²) < 4.78 is 7.16. The van der Waals surface area contributed by atoms with Gasteiger partial charge in [0.2, 0.25) is 11.8 Å². The summed E-state index contributed by atoms with van der Waals surface area (Å²) in [5.41, 5.74) is 6.39. The molecule has 4 atom stereocenters. The van der Waals surface area contributed by atoms with E-state index in [1.54, 1.807) is 11.0 Å². The largest absolute Gasteiger partial charge is 0.507 e. The number of phenols is 1. The Balaban J connectivity index is 1.10. The van der Waals surface area contributed by atoms with Crippen LogP contribution in [0.15, 0.2) is 94.5 Å². The lowest BCUT2D eigenvalue weighted by atomic mass is 9.58. The van der Waals surface area contributed by atoms with Crippen LogP contribution >= 0.6 is 15.9 Å². The Labute approximate surface area is 297 Å². The number of nitrogens with zero attached hydrogens (tertiary/aromatic N) is 2. The van der Waals surface area contributed by atoms with Crippen molar-refractivity contribution in [2.75, 3.05) is 13.1 Å². The van der Waals surface area contributed by atoms with Crippen molar-refractivity contribution in [3.8, 4) is 5.75 Å². The average molecular weight is 724 g/mol. The zero-order chi connectivity index (χ0) is 34.1. The highest BCUT2D eigenvalue weighted by atomic mass is 79.9. The maximum absolute atomic E-state index is 14.3. The molecule has 3 saturated heterocycles. The second kappa shape index (κ2) is 14.8. The topological polar surface area (TPSA) is 90.3 Å². The smallest absolute Gasteiger partial charge is 0.455 e. The minimum absolute atomic E-state index is 0.0258. The molecule has 0 spiro atoms. The first kappa shape index (κ1) is 34.0. The number of phenolic OH excluding ortho intramolecular Hbond substituents is 1. The van der Waals surface area contributed by atoms with Crippen molar-refractivity contribution >= 4 is 46.5 Å². The predicted molar refractivity (Wildman–Crippen MR) is 196 cm³/mol. The van der Waals surface area contributed by atoms with E-state index in [4.69, 9.17) is 4.65 Å². The van der Waals surface area contributed by atoms with Crippen molar-refractivity contribution in [2.45, 2.75) is 70.5 Å². The highest BCUT2D eigenvalue weighted by molar-refractivity contribution is 9.10. The SMILES string of the molecule is CCC1=C2[C@@H](CC/C(=C/c3cc(Br)ccc3O)c3ccccc3)OB(O)C[C@@H]2[C@@H]2C(=O)N(C3CCN(Cc4ccccc4)CC3)C(=O)[C@@H]2C1. The normalized spacial score (nSPS) is 25.2. The maximum atomic E-state index is 14.3. The number of piperidine rings is 1. The molecular formula is C40H44BBrN2O5. The van der Waals surface area contributed by atoms with E-state index in [9.17, 15) is 19.7 Å². The molecule has 0 bridgehead atoms. The molecule has 3 aromatic rings. The summed E-state index contributed by atoms with van der Waals surface area (Å²) in [6, 6.07) is 25.8. The van der Waals surface area contributed by atoms with Gasteiger partial charge in [0.25, 0.3) is 0 Å². The summed E-state index contributed by atoms with van der Waals surface area (Å²) in [6.45, 7) is 4.69. The quantitative estimate of drug-likeness (QED) is 0.104. The van der Waals surface area contributed by atoms with Crippen LogP contribution in [0.1, 0.15) is 62.1 Å². The molecule has 0 aromatic heterocycles. The van der Waals surface area contributed by atoms with Gasteiger partial charge in [-0.05, 0) is 97.3 Å². The zero-order valence-corrected chi connectivity index (χ0v) is 29.6. The van der Waals surface area contributed by atoms with E-state index in [1.165, 1.54) is 11.1 Å². The maximum Gasteiger partial charge on any atom is 0.455 e. The molecule has 3 aliphatic heterocycles. The van der Waals surface area contributed by atoms with Gasteiger partial charge in [-0.15, -0.1) is 0 Å². The fourth-order valence-corrected chi connectivity index (χ4v) is 9.11. The van der Waals surface area contributed by atoms with Crippen molar-refractivity contribution in [1.82, 2.24) is 9.80 Å². The summed E-state index contributed by atoms with van der Waals surface area (Å²) in [4.78, 5) is 32.4. The summed E-state index contributed by atoms with van der Waals surface area (Å²) in [7, 11) is -1.01. The minimum Gasteiger partial charge on any atom is -0.507 e. The highest BCUT2D eigenvalue weighted by Gasteiger charge is 2.58. The Morgan fingerprint density at radius 3 is 2.41 bits per heavy atom. The third-order valence-electron chi connectivity index (χ3n) is 11.1. The molecule has 7 nitrogen and oxygen atoms in total. The second-order valence-electron chi connectivity index (χ2n) is 14.0. The van der Waals surface area contributed by atoms with Crippen LogP contribution in [-0.4, -0.2) is 64.1 Å². The van der Waals surface area contributed by atoms with E-state index < -0.39 is 13.0 Å². The number of rotatable bonds is 9. The number of aromatic hydroxyl groups is 1. The zero-order valence-electron chi connectivity index (χ0n) is 28.0. The van der Waals surface area contributed by atoms with Gasteiger partial charge in [0.1, 0.15) is 5.75 Å². The predicted octanol–water partition coefficient (Wildman–Crippen LogP) is 7.35. The van der Waals surface area contributed by atoms with Crippen LogP contribution in [0.3, 0.4) is 0 Å². The van der Waals surface area contributed by atoms with Crippen molar-refractivity contribution in [3.05, 3.63) is 111 Å². The van der Waals surface area contributed by atoms with Crippen molar-refractivity contribution in [1.29, 1.82) is 0 Å². The van der Waals surface area contributed by atoms with Crippen molar-refractivity contribution in [2.24, 2.45) is 17.8 Å². The summed E-state index contributed by atoms with van der Waals surface area (Å²) in [5.74, 6) is -0.932. The number of halogens is 1. The number of likely N-dealkylation sites (tertiary alicyclic amines) is 2. The van der Waals surface area contributed by atoms with E-state index >= 15 is 0 Å². The Morgan fingerprint density at radius 2 is 1.69 bits per heavy atom. The van der Waals surface area contributed by atoms with Gasteiger partial charge in [0.15, 0.2) is 0 Å². The van der Waals surface area contributed by atoms with Gasteiger partial charge in [0, 0.05) is 35.7 Å². The molecule has 2 N–H and O–H groups in total. The lowest BCUT2D eigenvalue weighted by molar-refractivity contribution is -0.144. The van der Waals surface area contributed by atoms with E-state index in [2.05, 4.69) is 64.2 Å². The summed E-state index contributed by atoms with van der Waals surface area (Å²) >= 11 is 3.53. The van der Waals surface area contributed by atoms with Gasteiger partial charge >= 0.3 is 7.12 Å².